The van der Waals surface area contributed by atoms with Gasteiger partial charge in [0.1, 0.15) is 5.82 Å². The normalized spacial score (nSPS) is 11.1. The largest absolute Gasteiger partial charge is 0.352 e. The Balaban J connectivity index is 1.99. The maximum absolute atomic E-state index is 12.1. The Bertz CT molecular complexity index is 915. The lowest BCUT2D eigenvalue weighted by Gasteiger charge is -2.12. The number of carbonyl (C=O) groups excluding carboxylic acids is 1. The van der Waals surface area contributed by atoms with Crippen molar-refractivity contribution in [1.82, 2.24) is 24.9 Å². The average Bonchev–Trinajstić information content (AvgIpc) is 3.02. The molecule has 1 amide bonds. The first-order chi connectivity index (χ1) is 12.0. The third-order valence-corrected chi connectivity index (χ3v) is 3.96. The lowest BCUT2D eigenvalue weighted by Crippen LogP contribution is -2.22. The van der Waals surface area contributed by atoms with E-state index in [1.54, 1.807) is 6.20 Å². The number of aromatic nitrogens is 4. The average molecular weight is 338 g/mol. The summed E-state index contributed by atoms with van der Waals surface area (Å²) in [6, 6.07) is 5.55. The van der Waals surface area contributed by atoms with Crippen LogP contribution in [0.1, 0.15) is 48.4 Å². The van der Waals surface area contributed by atoms with Gasteiger partial charge in [-0.3, -0.25) is 9.20 Å². The third kappa shape index (κ3) is 3.31. The van der Waals surface area contributed by atoms with E-state index in [2.05, 4.69) is 39.7 Å². The van der Waals surface area contributed by atoms with Crippen molar-refractivity contribution in [2.75, 3.05) is 11.9 Å². The molecule has 3 aromatic rings. The summed E-state index contributed by atoms with van der Waals surface area (Å²) >= 11 is 0. The van der Waals surface area contributed by atoms with Crippen molar-refractivity contribution in [3.63, 3.8) is 0 Å². The molecule has 0 saturated heterocycles. The number of benzene rings is 1. The molecule has 130 valence electrons. The van der Waals surface area contributed by atoms with Gasteiger partial charge in [-0.2, -0.15) is 0 Å². The summed E-state index contributed by atoms with van der Waals surface area (Å²) in [6.45, 7) is 8.61. The minimum atomic E-state index is -0.0960. The van der Waals surface area contributed by atoms with Crippen LogP contribution in [0, 0.1) is 6.92 Å². The van der Waals surface area contributed by atoms with E-state index in [1.165, 1.54) is 0 Å². The molecular formula is C18H22N6O. The van der Waals surface area contributed by atoms with Gasteiger partial charge in [0.2, 0.25) is 5.65 Å². The molecule has 2 aromatic heterocycles. The van der Waals surface area contributed by atoms with Crippen LogP contribution in [0.5, 0.6) is 0 Å². The van der Waals surface area contributed by atoms with Gasteiger partial charge in [0.05, 0.1) is 0 Å². The Morgan fingerprint density at radius 1 is 1.28 bits per heavy atom. The van der Waals surface area contributed by atoms with E-state index in [9.17, 15) is 4.79 Å². The van der Waals surface area contributed by atoms with E-state index in [-0.39, 0.29) is 11.8 Å². The molecule has 1 aromatic carbocycles. The molecule has 2 heterocycles. The minimum Gasteiger partial charge on any atom is -0.352 e. The zero-order valence-corrected chi connectivity index (χ0v) is 14.9. The highest BCUT2D eigenvalue weighted by molar-refractivity contribution is 5.95. The van der Waals surface area contributed by atoms with Crippen molar-refractivity contribution in [3.8, 4) is 0 Å². The van der Waals surface area contributed by atoms with Crippen molar-refractivity contribution in [2.24, 2.45) is 0 Å². The number of nitrogens with one attached hydrogen (secondary N) is 2. The van der Waals surface area contributed by atoms with E-state index < -0.39 is 0 Å². The molecule has 0 atom stereocenters. The topological polar surface area (TPSA) is 84.2 Å². The van der Waals surface area contributed by atoms with Crippen LogP contribution in [0.2, 0.25) is 0 Å². The SMILES string of the molecule is CCNC(=O)c1ccc(C)c(Nc2nccn3c(C(C)C)nnc23)c1. The molecule has 25 heavy (non-hydrogen) atoms. The van der Waals surface area contributed by atoms with Crippen LogP contribution in [0.3, 0.4) is 0 Å². The number of carbonyl (C=O) groups is 1. The fourth-order valence-corrected chi connectivity index (χ4v) is 2.61. The number of hydrogen-bond donors (Lipinski definition) is 2. The van der Waals surface area contributed by atoms with Gasteiger partial charge in [-0.15, -0.1) is 10.2 Å². The first-order valence-corrected chi connectivity index (χ1v) is 8.36. The number of amides is 1. The fraction of sp³-hybridized carbons (Fsp3) is 0.333. The molecule has 2 N–H and O–H groups in total. The lowest BCUT2D eigenvalue weighted by atomic mass is 10.1. The van der Waals surface area contributed by atoms with Gasteiger partial charge in [-0.25, -0.2) is 4.98 Å². The highest BCUT2D eigenvalue weighted by Crippen LogP contribution is 2.24. The summed E-state index contributed by atoms with van der Waals surface area (Å²) in [7, 11) is 0. The summed E-state index contributed by atoms with van der Waals surface area (Å²) in [5, 5.41) is 14.6. The van der Waals surface area contributed by atoms with Crippen LogP contribution in [0.4, 0.5) is 11.5 Å². The Labute approximate surface area is 146 Å². The monoisotopic (exact) mass is 338 g/mol. The van der Waals surface area contributed by atoms with Gasteiger partial charge in [0, 0.05) is 36.1 Å². The second-order valence-electron chi connectivity index (χ2n) is 6.20. The van der Waals surface area contributed by atoms with Crippen molar-refractivity contribution >= 4 is 23.1 Å². The maximum atomic E-state index is 12.1. The van der Waals surface area contributed by atoms with Gasteiger partial charge >= 0.3 is 0 Å². The number of anilines is 2. The van der Waals surface area contributed by atoms with E-state index in [0.29, 0.717) is 23.6 Å². The number of nitrogens with zero attached hydrogens (tertiary/aromatic N) is 4. The zero-order valence-electron chi connectivity index (χ0n) is 14.9. The van der Waals surface area contributed by atoms with Gasteiger partial charge in [0.15, 0.2) is 5.82 Å². The number of aryl methyl sites for hydroxylation is 1. The molecule has 0 aliphatic heterocycles. The van der Waals surface area contributed by atoms with E-state index in [1.807, 2.05) is 42.6 Å². The first kappa shape index (κ1) is 16.9. The summed E-state index contributed by atoms with van der Waals surface area (Å²) in [5.74, 6) is 1.65. The molecule has 0 fully saturated rings. The predicted octanol–water partition coefficient (Wildman–Crippen LogP) is 3.05. The highest BCUT2D eigenvalue weighted by Gasteiger charge is 2.14. The molecule has 7 nitrogen and oxygen atoms in total. The minimum absolute atomic E-state index is 0.0960. The number of rotatable bonds is 5. The zero-order chi connectivity index (χ0) is 18.0. The predicted molar refractivity (Wildman–Crippen MR) is 97.3 cm³/mol. The standard InChI is InChI=1S/C18H22N6O/c1-5-19-18(25)13-7-6-12(4)14(10-13)21-15-17-23-22-16(11(2)3)24(17)9-8-20-15/h6-11H,5H2,1-4H3,(H,19,25)(H,20,21). The maximum Gasteiger partial charge on any atom is 0.251 e. The first-order valence-electron chi connectivity index (χ1n) is 8.36. The van der Waals surface area contributed by atoms with Crippen LogP contribution in [0.25, 0.3) is 5.65 Å². The molecule has 0 bridgehead atoms. The lowest BCUT2D eigenvalue weighted by molar-refractivity contribution is 0.0956. The molecule has 3 rings (SSSR count). The van der Waals surface area contributed by atoms with Crippen LogP contribution in [-0.2, 0) is 0 Å². The molecule has 7 heteroatoms. The molecule has 0 saturated carbocycles. The van der Waals surface area contributed by atoms with Crippen LogP contribution < -0.4 is 10.6 Å². The summed E-state index contributed by atoms with van der Waals surface area (Å²) in [6.07, 6.45) is 3.57. The summed E-state index contributed by atoms with van der Waals surface area (Å²) in [4.78, 5) is 16.5. The van der Waals surface area contributed by atoms with Crippen LogP contribution in [-0.4, -0.2) is 32.0 Å². The van der Waals surface area contributed by atoms with Crippen molar-refractivity contribution in [3.05, 3.63) is 47.5 Å². The van der Waals surface area contributed by atoms with Crippen molar-refractivity contribution < 1.29 is 4.79 Å². The van der Waals surface area contributed by atoms with Gasteiger partial charge in [0.25, 0.3) is 5.91 Å². The van der Waals surface area contributed by atoms with Crippen molar-refractivity contribution in [2.45, 2.75) is 33.6 Å². The van der Waals surface area contributed by atoms with Crippen molar-refractivity contribution in [1.29, 1.82) is 0 Å². The molecule has 0 spiro atoms. The molecule has 0 aliphatic rings. The Hall–Kier alpha value is -2.96. The smallest absolute Gasteiger partial charge is 0.251 e. The Morgan fingerprint density at radius 2 is 2.08 bits per heavy atom. The molecule has 0 aliphatic carbocycles. The highest BCUT2D eigenvalue weighted by atomic mass is 16.1. The van der Waals surface area contributed by atoms with Gasteiger partial charge in [-0.1, -0.05) is 19.9 Å². The van der Waals surface area contributed by atoms with E-state index in [0.717, 1.165) is 17.1 Å². The Morgan fingerprint density at radius 3 is 2.80 bits per heavy atom. The summed E-state index contributed by atoms with van der Waals surface area (Å²) in [5.41, 5.74) is 3.10. The molecule has 0 radical (unpaired) electrons. The fourth-order valence-electron chi connectivity index (χ4n) is 2.61. The Kier molecular flexibility index (Phi) is 4.65. The number of fused-ring (bicyclic) bond motifs is 1. The summed E-state index contributed by atoms with van der Waals surface area (Å²) < 4.78 is 1.93. The van der Waals surface area contributed by atoms with E-state index in [4.69, 9.17) is 0 Å². The van der Waals surface area contributed by atoms with E-state index >= 15 is 0 Å². The number of hydrogen-bond acceptors (Lipinski definition) is 5. The quantitative estimate of drug-likeness (QED) is 0.747. The third-order valence-electron chi connectivity index (χ3n) is 3.96. The van der Waals surface area contributed by atoms with Gasteiger partial charge < -0.3 is 10.6 Å². The second kappa shape index (κ2) is 6.88. The van der Waals surface area contributed by atoms with Gasteiger partial charge in [-0.05, 0) is 31.5 Å². The molecule has 0 unspecified atom stereocenters. The second-order valence-corrected chi connectivity index (χ2v) is 6.20. The molecular weight excluding hydrogens is 316 g/mol. The van der Waals surface area contributed by atoms with Crippen LogP contribution in [0.15, 0.2) is 30.6 Å². The van der Waals surface area contributed by atoms with Crippen LogP contribution >= 0.6 is 0 Å².